The smallest absolute Gasteiger partial charge is 0.315 e. The van der Waals surface area contributed by atoms with Gasteiger partial charge in [0.25, 0.3) is 0 Å². The maximum atomic E-state index is 13.2. The topological polar surface area (TPSA) is 69.8 Å². The number of H-pyrrole nitrogens is 1. The van der Waals surface area contributed by atoms with Crippen molar-refractivity contribution in [3.8, 4) is 0 Å². The lowest BCUT2D eigenvalue weighted by atomic mass is 10.1. The summed E-state index contributed by atoms with van der Waals surface area (Å²) >= 11 is 0. The summed E-state index contributed by atoms with van der Waals surface area (Å²) in [6.45, 7) is 3.99. The summed E-state index contributed by atoms with van der Waals surface area (Å²) < 4.78 is 26.0. The van der Waals surface area contributed by atoms with E-state index in [0.29, 0.717) is 12.1 Å². The number of carbonyl (C=O) groups excluding carboxylic acids is 1. The number of aryl methyl sites for hydroxylation is 1. The number of rotatable bonds is 5. The van der Waals surface area contributed by atoms with Crippen molar-refractivity contribution >= 4 is 6.03 Å². The molecule has 0 aliphatic rings. The van der Waals surface area contributed by atoms with Crippen LogP contribution in [-0.4, -0.2) is 16.2 Å². The van der Waals surface area contributed by atoms with Crippen LogP contribution >= 0.6 is 0 Å². The molecule has 0 fully saturated rings. The minimum absolute atomic E-state index is 0.309. The molecule has 0 radical (unpaired) electrons. The molecular formula is C15H18F2N4O. The highest BCUT2D eigenvalue weighted by Crippen LogP contribution is 2.15. The quantitative estimate of drug-likeness (QED) is 0.795. The summed E-state index contributed by atoms with van der Waals surface area (Å²) in [7, 11) is 0. The predicted molar refractivity (Wildman–Crippen MR) is 78.1 cm³/mol. The molecule has 7 heteroatoms. The number of hydrogen-bond acceptors (Lipinski definition) is 2. The molecule has 2 rings (SSSR count). The number of aromatic amines is 1. The molecule has 0 saturated carbocycles. The van der Waals surface area contributed by atoms with Crippen LogP contribution in [-0.2, 0) is 13.0 Å². The Morgan fingerprint density at radius 3 is 2.73 bits per heavy atom. The molecule has 5 nitrogen and oxygen atoms in total. The first-order chi connectivity index (χ1) is 10.5. The Hall–Kier alpha value is -2.44. The van der Waals surface area contributed by atoms with Gasteiger partial charge in [0.1, 0.15) is 0 Å². The lowest BCUT2D eigenvalue weighted by molar-refractivity contribution is 0.237. The van der Waals surface area contributed by atoms with E-state index in [1.165, 1.54) is 6.07 Å². The predicted octanol–water partition coefficient (Wildman–Crippen LogP) is 2.81. The largest absolute Gasteiger partial charge is 0.333 e. The van der Waals surface area contributed by atoms with Gasteiger partial charge in [0, 0.05) is 0 Å². The first kappa shape index (κ1) is 15.9. The van der Waals surface area contributed by atoms with E-state index in [2.05, 4.69) is 20.8 Å². The van der Waals surface area contributed by atoms with Gasteiger partial charge < -0.3 is 10.6 Å². The Morgan fingerprint density at radius 2 is 2.09 bits per heavy atom. The molecule has 1 heterocycles. The van der Waals surface area contributed by atoms with Gasteiger partial charge >= 0.3 is 6.03 Å². The molecule has 2 amide bonds. The van der Waals surface area contributed by atoms with Gasteiger partial charge in [0.05, 0.1) is 24.0 Å². The fourth-order valence-corrected chi connectivity index (χ4v) is 1.97. The zero-order valence-corrected chi connectivity index (χ0v) is 12.4. The molecule has 0 saturated heterocycles. The summed E-state index contributed by atoms with van der Waals surface area (Å²) in [5, 5.41) is 12.2. The summed E-state index contributed by atoms with van der Waals surface area (Å²) in [4.78, 5) is 11.8. The minimum atomic E-state index is -0.934. The van der Waals surface area contributed by atoms with Crippen LogP contribution in [0.25, 0.3) is 0 Å². The van der Waals surface area contributed by atoms with E-state index in [-0.39, 0.29) is 0 Å². The fourth-order valence-electron chi connectivity index (χ4n) is 1.97. The number of halogens is 2. The standard InChI is InChI=1S/C15H18F2N4O/c1-3-11-7-12(21-20-11)8-18-15(22)19-9(2)10-4-5-13(16)14(17)6-10/h4-7,9H,3,8H2,1-2H3,(H,20,21)(H2,18,19,22)/t9-/m1/s1. The van der Waals surface area contributed by atoms with Crippen molar-refractivity contribution in [1.29, 1.82) is 0 Å². The zero-order valence-electron chi connectivity index (χ0n) is 12.4. The molecule has 1 aromatic heterocycles. The fraction of sp³-hybridized carbons (Fsp3) is 0.333. The number of nitrogens with zero attached hydrogens (tertiary/aromatic N) is 1. The third-order valence-electron chi connectivity index (χ3n) is 3.28. The monoisotopic (exact) mass is 308 g/mol. The average Bonchev–Trinajstić information content (AvgIpc) is 2.96. The second-order valence-electron chi connectivity index (χ2n) is 4.96. The highest BCUT2D eigenvalue weighted by molar-refractivity contribution is 5.74. The van der Waals surface area contributed by atoms with E-state index in [9.17, 15) is 13.6 Å². The molecular weight excluding hydrogens is 290 g/mol. The van der Waals surface area contributed by atoms with Crippen LogP contribution in [0.2, 0.25) is 0 Å². The number of aromatic nitrogens is 2. The van der Waals surface area contributed by atoms with Gasteiger partial charge in [-0.15, -0.1) is 0 Å². The van der Waals surface area contributed by atoms with Crippen molar-refractivity contribution in [2.45, 2.75) is 32.9 Å². The molecule has 0 aliphatic carbocycles. The first-order valence-electron chi connectivity index (χ1n) is 7.02. The lowest BCUT2D eigenvalue weighted by Crippen LogP contribution is -2.36. The second-order valence-corrected chi connectivity index (χ2v) is 4.96. The van der Waals surface area contributed by atoms with Crippen LogP contribution in [0.15, 0.2) is 24.3 Å². The number of urea groups is 1. The van der Waals surface area contributed by atoms with Crippen molar-refractivity contribution in [1.82, 2.24) is 20.8 Å². The highest BCUT2D eigenvalue weighted by Gasteiger charge is 2.12. The third-order valence-corrected chi connectivity index (χ3v) is 3.28. The van der Waals surface area contributed by atoms with Gasteiger partial charge in [-0.1, -0.05) is 13.0 Å². The maximum absolute atomic E-state index is 13.2. The molecule has 1 atom stereocenters. The second kappa shape index (κ2) is 7.02. The summed E-state index contributed by atoms with van der Waals surface area (Å²) in [6, 6.07) is 4.58. The van der Waals surface area contributed by atoms with E-state index < -0.39 is 23.7 Å². The van der Waals surface area contributed by atoms with E-state index in [0.717, 1.165) is 29.9 Å². The SMILES string of the molecule is CCc1cc(CNC(=O)N[C@H](C)c2ccc(F)c(F)c2)[nH]n1. The normalized spacial score (nSPS) is 12.0. The molecule has 3 N–H and O–H groups in total. The van der Waals surface area contributed by atoms with Crippen molar-refractivity contribution in [3.63, 3.8) is 0 Å². The minimum Gasteiger partial charge on any atom is -0.333 e. The number of carbonyl (C=O) groups is 1. The van der Waals surface area contributed by atoms with Crippen LogP contribution in [0.3, 0.4) is 0 Å². The molecule has 0 spiro atoms. The number of hydrogen-bond donors (Lipinski definition) is 3. The first-order valence-corrected chi connectivity index (χ1v) is 7.02. The van der Waals surface area contributed by atoms with Crippen LogP contribution < -0.4 is 10.6 Å². The van der Waals surface area contributed by atoms with Gasteiger partial charge in [-0.05, 0) is 37.1 Å². The van der Waals surface area contributed by atoms with E-state index in [4.69, 9.17) is 0 Å². The summed E-state index contributed by atoms with van der Waals surface area (Å²) in [5.74, 6) is -1.84. The van der Waals surface area contributed by atoms with E-state index >= 15 is 0 Å². The molecule has 118 valence electrons. The van der Waals surface area contributed by atoms with Crippen molar-refractivity contribution < 1.29 is 13.6 Å². The Bertz CT molecular complexity index is 657. The Balaban J connectivity index is 1.86. The molecule has 0 bridgehead atoms. The molecule has 1 aromatic carbocycles. The van der Waals surface area contributed by atoms with Crippen LogP contribution in [0.5, 0.6) is 0 Å². The van der Waals surface area contributed by atoms with Gasteiger partial charge in [0.15, 0.2) is 11.6 Å². The Labute approximate surface area is 127 Å². The molecule has 0 unspecified atom stereocenters. The van der Waals surface area contributed by atoms with Gasteiger partial charge in [-0.2, -0.15) is 5.10 Å². The maximum Gasteiger partial charge on any atom is 0.315 e. The molecule has 0 aliphatic heterocycles. The van der Waals surface area contributed by atoms with Crippen LogP contribution in [0.1, 0.15) is 36.8 Å². The van der Waals surface area contributed by atoms with Crippen LogP contribution in [0, 0.1) is 11.6 Å². The van der Waals surface area contributed by atoms with E-state index in [1.54, 1.807) is 6.92 Å². The van der Waals surface area contributed by atoms with E-state index in [1.807, 2.05) is 13.0 Å². The van der Waals surface area contributed by atoms with Crippen molar-refractivity contribution in [2.75, 3.05) is 0 Å². The molecule has 2 aromatic rings. The summed E-state index contributed by atoms with van der Waals surface area (Å²) in [5.41, 5.74) is 2.21. The number of amides is 2. The summed E-state index contributed by atoms with van der Waals surface area (Å²) in [6.07, 6.45) is 0.815. The van der Waals surface area contributed by atoms with Gasteiger partial charge in [0.2, 0.25) is 0 Å². The molecule has 22 heavy (non-hydrogen) atoms. The third kappa shape index (κ3) is 4.03. The van der Waals surface area contributed by atoms with Gasteiger partial charge in [-0.3, -0.25) is 5.10 Å². The number of nitrogens with one attached hydrogen (secondary N) is 3. The average molecular weight is 308 g/mol. The van der Waals surface area contributed by atoms with Crippen molar-refractivity contribution in [2.24, 2.45) is 0 Å². The zero-order chi connectivity index (χ0) is 16.1. The van der Waals surface area contributed by atoms with Gasteiger partial charge in [-0.25, -0.2) is 13.6 Å². The Morgan fingerprint density at radius 1 is 1.32 bits per heavy atom. The van der Waals surface area contributed by atoms with Crippen molar-refractivity contribution in [3.05, 3.63) is 52.9 Å². The number of benzene rings is 1. The van der Waals surface area contributed by atoms with Crippen LogP contribution in [0.4, 0.5) is 13.6 Å². The lowest BCUT2D eigenvalue weighted by Gasteiger charge is -2.15. The highest BCUT2D eigenvalue weighted by atomic mass is 19.2. The Kier molecular flexibility index (Phi) is 5.08.